The van der Waals surface area contributed by atoms with Crippen molar-refractivity contribution in [2.75, 3.05) is 26.3 Å². The van der Waals surface area contributed by atoms with E-state index in [0.717, 1.165) is 19.8 Å². The van der Waals surface area contributed by atoms with Crippen LogP contribution < -0.4 is 5.32 Å². The van der Waals surface area contributed by atoms with E-state index in [1.165, 1.54) is 0 Å². The van der Waals surface area contributed by atoms with Crippen molar-refractivity contribution in [2.24, 2.45) is 0 Å². The lowest BCUT2D eigenvalue weighted by molar-refractivity contribution is -0.00382. The minimum atomic E-state index is -0.291. The van der Waals surface area contributed by atoms with E-state index < -0.39 is 0 Å². The van der Waals surface area contributed by atoms with Gasteiger partial charge in [-0.05, 0) is 6.92 Å². The zero-order valence-electron chi connectivity index (χ0n) is 6.82. The zero-order chi connectivity index (χ0) is 8.27. The topological polar surface area (TPSA) is 55.7 Å². The van der Waals surface area contributed by atoms with Crippen molar-refractivity contribution in [3.63, 3.8) is 0 Å². The first-order chi connectivity index (χ1) is 5.18. The number of rotatable bonds is 4. The van der Waals surface area contributed by atoms with Gasteiger partial charge in [0.15, 0.2) is 0 Å². The van der Waals surface area contributed by atoms with Crippen LogP contribution in [0.5, 0.6) is 0 Å². The average molecular weight is 160 g/mol. The van der Waals surface area contributed by atoms with E-state index in [1.807, 2.05) is 0 Å². The highest BCUT2D eigenvalue weighted by molar-refractivity contribution is 4.77. The van der Waals surface area contributed by atoms with Gasteiger partial charge in [0.25, 0.3) is 0 Å². The van der Waals surface area contributed by atoms with Crippen LogP contribution in [-0.4, -0.2) is 53.6 Å². The molecule has 0 amide bonds. The number of hydrogen-bond donors (Lipinski definition) is 3. The lowest BCUT2D eigenvalue weighted by Gasteiger charge is -2.35. The summed E-state index contributed by atoms with van der Waals surface area (Å²) in [6, 6.07) is 0. The summed E-state index contributed by atoms with van der Waals surface area (Å²) >= 11 is 0. The van der Waals surface area contributed by atoms with Crippen LogP contribution in [0, 0.1) is 0 Å². The van der Waals surface area contributed by atoms with Crippen LogP contribution in [0.15, 0.2) is 0 Å². The van der Waals surface area contributed by atoms with Crippen LogP contribution in [0.2, 0.25) is 0 Å². The zero-order valence-corrected chi connectivity index (χ0v) is 6.82. The number of nitrogens with zero attached hydrogens (tertiary/aromatic N) is 1. The van der Waals surface area contributed by atoms with Gasteiger partial charge in [-0.25, -0.2) is 0 Å². The highest BCUT2D eigenvalue weighted by Crippen LogP contribution is 2.03. The van der Waals surface area contributed by atoms with Crippen LogP contribution >= 0.6 is 0 Å². The molecule has 1 aliphatic heterocycles. The van der Waals surface area contributed by atoms with Crippen LogP contribution in [0.3, 0.4) is 0 Å². The molecule has 4 heteroatoms. The first-order valence-corrected chi connectivity index (χ1v) is 3.97. The second-order valence-electron chi connectivity index (χ2n) is 3.15. The molecule has 1 heterocycles. The molecule has 0 radical (unpaired) electrons. The quantitative estimate of drug-likeness (QED) is 0.473. The summed E-state index contributed by atoms with van der Waals surface area (Å²) in [5, 5.41) is 20.9. The molecular weight excluding hydrogens is 144 g/mol. The summed E-state index contributed by atoms with van der Waals surface area (Å²) in [6.45, 7) is 4.64. The highest BCUT2D eigenvalue weighted by Gasteiger charge is 2.23. The fraction of sp³-hybridized carbons (Fsp3) is 1.00. The van der Waals surface area contributed by atoms with Crippen molar-refractivity contribution in [2.45, 2.75) is 19.1 Å². The molecule has 1 fully saturated rings. The van der Waals surface area contributed by atoms with Crippen LogP contribution in [-0.2, 0) is 0 Å². The van der Waals surface area contributed by atoms with Crippen molar-refractivity contribution in [1.82, 2.24) is 10.2 Å². The highest BCUT2D eigenvalue weighted by atomic mass is 16.3. The van der Waals surface area contributed by atoms with Crippen LogP contribution in [0.4, 0.5) is 0 Å². The van der Waals surface area contributed by atoms with Crippen molar-refractivity contribution >= 4 is 0 Å². The summed E-state index contributed by atoms with van der Waals surface area (Å²) in [6.07, 6.45) is -0.426. The molecule has 0 aromatic carbocycles. The fourth-order valence-corrected chi connectivity index (χ4v) is 1.10. The summed E-state index contributed by atoms with van der Waals surface area (Å²) in [5.41, 5.74) is 0. The minimum Gasteiger partial charge on any atom is -0.392 e. The van der Waals surface area contributed by atoms with Gasteiger partial charge in [-0.2, -0.15) is 0 Å². The predicted octanol–water partition coefficient (Wildman–Crippen LogP) is -1.41. The van der Waals surface area contributed by atoms with Crippen molar-refractivity contribution in [1.29, 1.82) is 0 Å². The van der Waals surface area contributed by atoms with Gasteiger partial charge in [-0.3, -0.25) is 4.90 Å². The molecule has 0 saturated carbocycles. The van der Waals surface area contributed by atoms with Gasteiger partial charge < -0.3 is 15.5 Å². The van der Waals surface area contributed by atoms with Gasteiger partial charge in [0, 0.05) is 26.3 Å². The summed E-state index contributed by atoms with van der Waals surface area (Å²) < 4.78 is 0. The molecule has 3 N–H and O–H groups in total. The monoisotopic (exact) mass is 160 g/mol. The molecule has 11 heavy (non-hydrogen) atoms. The lowest BCUT2D eigenvalue weighted by Crippen LogP contribution is -2.54. The van der Waals surface area contributed by atoms with Crippen molar-refractivity contribution in [3.8, 4) is 0 Å². The van der Waals surface area contributed by atoms with Gasteiger partial charge in [0.05, 0.1) is 12.2 Å². The molecule has 1 rings (SSSR count). The Morgan fingerprint density at radius 3 is 2.73 bits per heavy atom. The summed E-state index contributed by atoms with van der Waals surface area (Å²) in [7, 11) is 0. The third-order valence-corrected chi connectivity index (χ3v) is 1.71. The number of aliphatic hydroxyl groups excluding tert-OH is 2. The largest absolute Gasteiger partial charge is 0.392 e. The van der Waals surface area contributed by atoms with Crippen LogP contribution in [0.25, 0.3) is 0 Å². The van der Waals surface area contributed by atoms with Gasteiger partial charge in [-0.15, -0.1) is 0 Å². The van der Waals surface area contributed by atoms with E-state index in [2.05, 4.69) is 10.2 Å². The Kier molecular flexibility index (Phi) is 3.26. The van der Waals surface area contributed by atoms with Gasteiger partial charge in [0.2, 0.25) is 0 Å². The lowest BCUT2D eigenvalue weighted by atomic mass is 10.2. The van der Waals surface area contributed by atoms with Gasteiger partial charge in [-0.1, -0.05) is 0 Å². The van der Waals surface area contributed by atoms with E-state index in [-0.39, 0.29) is 12.2 Å². The molecule has 66 valence electrons. The van der Waals surface area contributed by atoms with Crippen molar-refractivity contribution in [3.05, 3.63) is 0 Å². The van der Waals surface area contributed by atoms with Gasteiger partial charge >= 0.3 is 0 Å². The molecular formula is C7H16N2O2. The Bertz CT molecular complexity index is 113. The van der Waals surface area contributed by atoms with Crippen LogP contribution in [0.1, 0.15) is 6.92 Å². The maximum atomic E-state index is 8.91. The number of aliphatic hydroxyl groups is 2. The minimum absolute atomic E-state index is 0.136. The first kappa shape index (κ1) is 8.93. The molecule has 1 unspecified atom stereocenters. The molecule has 0 bridgehead atoms. The number of nitrogens with one attached hydrogen (secondary N) is 1. The average Bonchev–Trinajstić information content (AvgIpc) is 1.83. The Labute approximate surface area is 66.8 Å². The van der Waals surface area contributed by atoms with Crippen molar-refractivity contribution < 1.29 is 10.2 Å². The maximum Gasteiger partial charge on any atom is 0.0794 e. The predicted molar refractivity (Wildman–Crippen MR) is 42.1 cm³/mol. The smallest absolute Gasteiger partial charge is 0.0794 e. The molecule has 1 saturated heterocycles. The molecule has 0 aromatic heterocycles. The number of hydrogen-bond acceptors (Lipinski definition) is 4. The second-order valence-corrected chi connectivity index (χ2v) is 3.15. The van der Waals surface area contributed by atoms with Gasteiger partial charge in [0.1, 0.15) is 0 Å². The standard InChI is InChI=1S/C7H16N2O2/c1-6(10)2-8-5-9-3-7(11)4-9/h6-8,10-11H,2-5H2,1H3. The molecule has 4 nitrogen and oxygen atoms in total. The Balaban J connectivity index is 1.89. The maximum absolute atomic E-state index is 8.91. The molecule has 1 aliphatic rings. The van der Waals surface area contributed by atoms with E-state index >= 15 is 0 Å². The third-order valence-electron chi connectivity index (χ3n) is 1.71. The van der Waals surface area contributed by atoms with E-state index in [4.69, 9.17) is 10.2 Å². The second kappa shape index (κ2) is 4.01. The Morgan fingerprint density at radius 1 is 1.64 bits per heavy atom. The summed E-state index contributed by atoms with van der Waals surface area (Å²) in [5.74, 6) is 0. The normalized spacial score (nSPS) is 23.2. The number of β-amino-alcohol motifs (C(OH)–C–C–N with tert-alkyl or cyclic N) is 1. The SMILES string of the molecule is CC(O)CNCN1CC(O)C1. The fourth-order valence-electron chi connectivity index (χ4n) is 1.10. The first-order valence-electron chi connectivity index (χ1n) is 3.97. The third kappa shape index (κ3) is 3.16. The summed E-state index contributed by atoms with van der Waals surface area (Å²) in [4.78, 5) is 2.09. The Morgan fingerprint density at radius 2 is 2.27 bits per heavy atom. The van der Waals surface area contributed by atoms with E-state index in [9.17, 15) is 0 Å². The molecule has 0 spiro atoms. The van der Waals surface area contributed by atoms with E-state index in [0.29, 0.717) is 6.54 Å². The number of likely N-dealkylation sites (tertiary alicyclic amines) is 1. The molecule has 0 aliphatic carbocycles. The molecule has 0 aromatic rings. The Hall–Kier alpha value is -0.160. The van der Waals surface area contributed by atoms with E-state index in [1.54, 1.807) is 6.92 Å². The molecule has 1 atom stereocenters.